The van der Waals surface area contributed by atoms with E-state index in [1.54, 1.807) is 6.07 Å². The Morgan fingerprint density at radius 1 is 0.889 bits per heavy atom. The van der Waals surface area contributed by atoms with Gasteiger partial charge in [0, 0.05) is 17.5 Å². The van der Waals surface area contributed by atoms with Crippen LogP contribution in [0.4, 0.5) is 0 Å². The Morgan fingerprint density at radius 2 is 1.67 bits per heavy atom. The molecule has 0 saturated heterocycles. The molecule has 2 aliphatic rings. The summed E-state index contributed by atoms with van der Waals surface area (Å²) < 4.78 is 6.33. The van der Waals surface area contributed by atoms with Gasteiger partial charge in [-0.25, -0.2) is 5.01 Å². The second-order valence-electron chi connectivity index (χ2n) is 6.69. The molecule has 0 amide bonds. The van der Waals surface area contributed by atoms with E-state index in [-0.39, 0.29) is 12.3 Å². The first-order valence-corrected chi connectivity index (χ1v) is 9.58. The highest BCUT2D eigenvalue weighted by atomic mass is 35.5. The van der Waals surface area contributed by atoms with Gasteiger partial charge in [-0.2, -0.15) is 5.10 Å². The lowest BCUT2D eigenvalue weighted by Crippen LogP contribution is -2.33. The van der Waals surface area contributed by atoms with Gasteiger partial charge in [-0.1, -0.05) is 77.8 Å². The molecule has 0 spiro atoms. The van der Waals surface area contributed by atoms with Crippen molar-refractivity contribution in [3.63, 3.8) is 0 Å². The van der Waals surface area contributed by atoms with Crippen molar-refractivity contribution in [3.8, 4) is 5.75 Å². The van der Waals surface area contributed by atoms with E-state index in [0.717, 1.165) is 34.6 Å². The maximum atomic E-state index is 6.33. The number of fused-ring (bicyclic) bond motifs is 3. The van der Waals surface area contributed by atoms with Crippen LogP contribution in [0.25, 0.3) is 0 Å². The Bertz CT molecular complexity index is 1040. The van der Waals surface area contributed by atoms with Gasteiger partial charge in [0.15, 0.2) is 0 Å². The molecule has 0 bridgehead atoms. The fraction of sp³-hybridized carbons (Fsp3) is 0.136. The lowest BCUT2D eigenvalue weighted by atomic mass is 9.96. The Morgan fingerprint density at radius 3 is 2.48 bits per heavy atom. The van der Waals surface area contributed by atoms with Crippen LogP contribution in [0.15, 0.2) is 77.9 Å². The molecular weight excluding hydrogens is 379 g/mol. The van der Waals surface area contributed by atoms with Gasteiger partial charge in [0.2, 0.25) is 6.23 Å². The van der Waals surface area contributed by atoms with Crippen molar-refractivity contribution in [3.05, 3.63) is 99.5 Å². The van der Waals surface area contributed by atoms with E-state index in [0.29, 0.717) is 10.0 Å². The van der Waals surface area contributed by atoms with Crippen LogP contribution in [0.3, 0.4) is 0 Å². The molecule has 0 aromatic heterocycles. The zero-order valence-electron chi connectivity index (χ0n) is 14.3. The molecule has 0 radical (unpaired) electrons. The fourth-order valence-corrected chi connectivity index (χ4v) is 4.03. The zero-order valence-corrected chi connectivity index (χ0v) is 15.9. The van der Waals surface area contributed by atoms with Crippen LogP contribution >= 0.6 is 23.2 Å². The monoisotopic (exact) mass is 394 g/mol. The second kappa shape index (κ2) is 6.59. The third-order valence-corrected chi connectivity index (χ3v) is 5.77. The number of ether oxygens (including phenoxy) is 1. The van der Waals surface area contributed by atoms with Crippen molar-refractivity contribution in [2.24, 2.45) is 5.10 Å². The van der Waals surface area contributed by atoms with E-state index < -0.39 is 0 Å². The summed E-state index contributed by atoms with van der Waals surface area (Å²) in [6.45, 7) is 0. The molecule has 0 saturated carbocycles. The first kappa shape index (κ1) is 16.7. The van der Waals surface area contributed by atoms with E-state index >= 15 is 0 Å². The minimum absolute atomic E-state index is 0.129. The Balaban J connectivity index is 1.61. The van der Waals surface area contributed by atoms with Crippen LogP contribution in [0.5, 0.6) is 5.75 Å². The number of hydrazone groups is 1. The summed E-state index contributed by atoms with van der Waals surface area (Å²) in [7, 11) is 0. The van der Waals surface area contributed by atoms with Gasteiger partial charge in [0.25, 0.3) is 0 Å². The number of para-hydroxylation sites is 1. The summed E-state index contributed by atoms with van der Waals surface area (Å²) in [5, 5.41) is 8.03. The molecule has 2 unspecified atom stereocenters. The number of rotatable bonds is 2. The van der Waals surface area contributed by atoms with Crippen LogP contribution in [-0.4, -0.2) is 10.7 Å². The van der Waals surface area contributed by atoms with Gasteiger partial charge in [-0.3, -0.25) is 0 Å². The van der Waals surface area contributed by atoms with Crippen LogP contribution in [0.2, 0.25) is 10.0 Å². The summed E-state index contributed by atoms with van der Waals surface area (Å²) >= 11 is 12.4. The van der Waals surface area contributed by atoms with Crippen LogP contribution in [0.1, 0.15) is 35.4 Å². The third kappa shape index (κ3) is 2.88. The van der Waals surface area contributed by atoms with E-state index in [1.807, 2.05) is 53.5 Å². The van der Waals surface area contributed by atoms with Gasteiger partial charge >= 0.3 is 0 Å². The molecule has 2 heterocycles. The van der Waals surface area contributed by atoms with E-state index in [9.17, 15) is 0 Å². The van der Waals surface area contributed by atoms with Crippen molar-refractivity contribution in [1.29, 1.82) is 0 Å². The largest absolute Gasteiger partial charge is 0.464 e. The number of nitrogens with zero attached hydrogens (tertiary/aromatic N) is 2. The van der Waals surface area contributed by atoms with Gasteiger partial charge in [0.1, 0.15) is 5.75 Å². The molecule has 0 N–H and O–H groups in total. The number of halogens is 2. The summed E-state index contributed by atoms with van der Waals surface area (Å²) in [6.07, 6.45) is 0.489. The molecule has 2 aliphatic heterocycles. The van der Waals surface area contributed by atoms with Crippen LogP contribution in [0, 0.1) is 0 Å². The molecule has 3 aromatic carbocycles. The third-order valence-electron chi connectivity index (χ3n) is 5.03. The molecule has 134 valence electrons. The predicted molar refractivity (Wildman–Crippen MR) is 108 cm³/mol. The summed E-state index contributed by atoms with van der Waals surface area (Å²) in [6, 6.07) is 24.2. The number of benzene rings is 3. The van der Waals surface area contributed by atoms with E-state index in [4.69, 9.17) is 33.0 Å². The van der Waals surface area contributed by atoms with Gasteiger partial charge in [0.05, 0.1) is 21.8 Å². The maximum absolute atomic E-state index is 6.33. The first-order chi connectivity index (χ1) is 13.2. The Hall–Kier alpha value is -2.49. The molecule has 5 rings (SSSR count). The summed E-state index contributed by atoms with van der Waals surface area (Å²) in [5.74, 6) is 0.888. The topological polar surface area (TPSA) is 24.8 Å². The van der Waals surface area contributed by atoms with Crippen molar-refractivity contribution >= 4 is 28.9 Å². The van der Waals surface area contributed by atoms with Crippen LogP contribution < -0.4 is 4.74 Å². The molecule has 2 atom stereocenters. The molecule has 5 heteroatoms. The molecule has 27 heavy (non-hydrogen) atoms. The van der Waals surface area contributed by atoms with Gasteiger partial charge in [-0.15, -0.1) is 0 Å². The summed E-state index contributed by atoms with van der Waals surface area (Å²) in [5.41, 5.74) is 4.29. The lowest BCUT2D eigenvalue weighted by Gasteiger charge is -2.38. The van der Waals surface area contributed by atoms with E-state index in [2.05, 4.69) is 18.2 Å². The average Bonchev–Trinajstić information content (AvgIpc) is 3.16. The smallest absolute Gasteiger partial charge is 0.213 e. The lowest BCUT2D eigenvalue weighted by molar-refractivity contribution is -0.0190. The molecule has 0 aliphatic carbocycles. The maximum Gasteiger partial charge on any atom is 0.213 e. The van der Waals surface area contributed by atoms with Crippen molar-refractivity contribution < 1.29 is 4.74 Å². The van der Waals surface area contributed by atoms with Crippen LogP contribution in [-0.2, 0) is 0 Å². The molecule has 3 nitrogen and oxygen atoms in total. The molecule has 0 fully saturated rings. The predicted octanol–water partition coefficient (Wildman–Crippen LogP) is 6.24. The fourth-order valence-electron chi connectivity index (χ4n) is 3.73. The quantitative estimate of drug-likeness (QED) is 0.513. The Kier molecular flexibility index (Phi) is 4.07. The highest BCUT2D eigenvalue weighted by Crippen LogP contribution is 2.47. The van der Waals surface area contributed by atoms with Gasteiger partial charge < -0.3 is 4.74 Å². The van der Waals surface area contributed by atoms with Gasteiger partial charge in [-0.05, 0) is 23.8 Å². The normalized spacial score (nSPS) is 20.5. The number of hydrogen-bond donors (Lipinski definition) is 0. The van der Waals surface area contributed by atoms with E-state index in [1.165, 1.54) is 0 Å². The average molecular weight is 395 g/mol. The highest BCUT2D eigenvalue weighted by molar-refractivity contribution is 6.42. The van der Waals surface area contributed by atoms with Crippen molar-refractivity contribution in [2.45, 2.75) is 18.7 Å². The minimum Gasteiger partial charge on any atom is -0.464 e. The second-order valence-corrected chi connectivity index (χ2v) is 7.51. The SMILES string of the molecule is Clc1ccc(C2Oc3ccccc3C3CC(c4ccccc4)=NN32)cc1Cl. The molecular formula is C22H16Cl2N2O. The Labute approximate surface area is 167 Å². The van der Waals surface area contributed by atoms with Crippen molar-refractivity contribution in [1.82, 2.24) is 5.01 Å². The highest BCUT2D eigenvalue weighted by Gasteiger charge is 2.40. The minimum atomic E-state index is -0.346. The van der Waals surface area contributed by atoms with Crippen molar-refractivity contribution in [2.75, 3.05) is 0 Å². The summed E-state index contributed by atoms with van der Waals surface area (Å²) in [4.78, 5) is 0. The zero-order chi connectivity index (χ0) is 18.4. The molecule has 3 aromatic rings. The standard InChI is InChI=1S/C22H16Cl2N2O/c23-17-11-10-15(12-18(17)24)22-26-20(16-8-4-5-9-21(16)27-22)13-19(25-26)14-6-2-1-3-7-14/h1-12,20,22H,13H2. The first-order valence-electron chi connectivity index (χ1n) is 8.82. The number of hydrogen-bond acceptors (Lipinski definition) is 3.